The molecule has 0 unspecified atom stereocenters. The van der Waals surface area contributed by atoms with Crippen molar-refractivity contribution in [3.63, 3.8) is 0 Å². The molecule has 9 nitrogen and oxygen atoms in total. The van der Waals surface area contributed by atoms with E-state index in [9.17, 15) is 19.8 Å². The van der Waals surface area contributed by atoms with Crippen LogP contribution in [0, 0.1) is 0 Å². The summed E-state index contributed by atoms with van der Waals surface area (Å²) in [6.45, 7) is 6.15. The number of fused-ring (bicyclic) bond motifs is 3. The van der Waals surface area contributed by atoms with Crippen LogP contribution in [0.4, 0.5) is 0 Å². The summed E-state index contributed by atoms with van der Waals surface area (Å²) in [5.74, 6) is -2.65. The summed E-state index contributed by atoms with van der Waals surface area (Å²) in [6, 6.07) is 0. The molecule has 0 saturated carbocycles. The molecule has 30 heavy (non-hydrogen) atoms. The monoisotopic (exact) mass is 424 g/mol. The van der Waals surface area contributed by atoms with Gasteiger partial charge in [-0.1, -0.05) is 6.58 Å². The summed E-state index contributed by atoms with van der Waals surface area (Å²) in [4.78, 5) is 24.9. The average Bonchev–Trinajstić information content (AvgIpc) is 3.18. The van der Waals surface area contributed by atoms with Crippen LogP contribution < -0.4 is 0 Å². The van der Waals surface area contributed by atoms with Crippen molar-refractivity contribution in [2.45, 2.75) is 56.2 Å². The number of aliphatic hydroxyl groups excluding tert-OH is 1. The third kappa shape index (κ3) is 3.72. The number of ether oxygens (including phenoxy) is 5. The van der Waals surface area contributed by atoms with Crippen LogP contribution in [0.25, 0.3) is 0 Å². The summed E-state index contributed by atoms with van der Waals surface area (Å²) in [6.07, 6.45) is 1.28. The topological polar surface area (TPSA) is 121 Å². The van der Waals surface area contributed by atoms with E-state index in [1.54, 1.807) is 13.0 Å². The first-order valence-electron chi connectivity index (χ1n) is 9.66. The summed E-state index contributed by atoms with van der Waals surface area (Å²) in [5, 5.41) is 20.7. The van der Waals surface area contributed by atoms with E-state index in [0.29, 0.717) is 18.4 Å². The van der Waals surface area contributed by atoms with Crippen LogP contribution in [0.2, 0.25) is 0 Å². The normalized spacial score (nSPS) is 37.5. The molecule has 3 heterocycles. The molecule has 0 spiro atoms. The van der Waals surface area contributed by atoms with E-state index in [0.717, 1.165) is 0 Å². The van der Waals surface area contributed by atoms with Gasteiger partial charge in [-0.3, -0.25) is 0 Å². The van der Waals surface area contributed by atoms with E-state index in [4.69, 9.17) is 23.7 Å². The molecule has 1 saturated heterocycles. The summed E-state index contributed by atoms with van der Waals surface area (Å²) in [5.41, 5.74) is -2.18. The van der Waals surface area contributed by atoms with E-state index in [1.807, 2.05) is 0 Å². The Kier molecular flexibility index (Phi) is 5.96. The van der Waals surface area contributed by atoms with Gasteiger partial charge in [-0.25, -0.2) is 9.59 Å². The van der Waals surface area contributed by atoms with Gasteiger partial charge in [0.15, 0.2) is 5.79 Å². The fourth-order valence-corrected chi connectivity index (χ4v) is 4.23. The lowest BCUT2D eigenvalue weighted by Crippen LogP contribution is -2.56. The number of carbonyl (C=O) groups is 2. The minimum atomic E-state index is -1.61. The highest BCUT2D eigenvalue weighted by Gasteiger charge is 2.60. The molecule has 2 N–H and O–H groups in total. The number of methoxy groups -OCH3 is 2. The quantitative estimate of drug-likeness (QED) is 0.473. The number of rotatable bonds is 6. The fraction of sp³-hybridized carbons (Fsp3) is 0.619. The standard InChI is InChI=1S/C21H28O9/c1-12(10-22)17(23)28-15-9-20(3,25)21(27-5)7-6-19(2,30-21)8-14-16(15)13(11-26-4)18(24)29-14/h8,15,22,25H,1,6-7,9-11H2,2-5H3/b14-8+/t15-,19+,20+,21-/m0/s1. The zero-order valence-corrected chi connectivity index (χ0v) is 17.6. The Morgan fingerprint density at radius 3 is 2.63 bits per heavy atom. The molecular formula is C21H28O9. The van der Waals surface area contributed by atoms with Crippen molar-refractivity contribution in [2.24, 2.45) is 0 Å². The van der Waals surface area contributed by atoms with Crippen LogP contribution in [0.3, 0.4) is 0 Å². The first kappa shape index (κ1) is 22.6. The van der Waals surface area contributed by atoms with E-state index in [1.165, 1.54) is 21.1 Å². The SMILES string of the molecule is C=C(CO)C(=O)O[C@H]1C[C@@](C)(O)[C@]2(OC)CC[C@](C)(/C=C3/OC(=O)C(COC)=C31)O2. The Bertz CT molecular complexity index is 824. The van der Waals surface area contributed by atoms with Crippen molar-refractivity contribution in [1.29, 1.82) is 0 Å². The summed E-state index contributed by atoms with van der Waals surface area (Å²) < 4.78 is 28.0. The fourth-order valence-electron chi connectivity index (χ4n) is 4.23. The molecule has 9 heteroatoms. The lowest BCUT2D eigenvalue weighted by Gasteiger charge is -2.42. The Labute approximate surface area is 174 Å². The lowest BCUT2D eigenvalue weighted by molar-refractivity contribution is -0.310. The van der Waals surface area contributed by atoms with Gasteiger partial charge < -0.3 is 33.9 Å². The van der Waals surface area contributed by atoms with Gasteiger partial charge in [0.2, 0.25) is 0 Å². The van der Waals surface area contributed by atoms with Crippen LogP contribution in [0.15, 0.2) is 35.1 Å². The highest BCUT2D eigenvalue weighted by Crippen LogP contribution is 2.50. The molecule has 3 aliphatic rings. The number of esters is 2. The van der Waals surface area contributed by atoms with E-state index in [-0.39, 0.29) is 29.9 Å². The van der Waals surface area contributed by atoms with Crippen molar-refractivity contribution in [1.82, 2.24) is 0 Å². The maximum Gasteiger partial charge on any atom is 0.342 e. The molecule has 3 aliphatic heterocycles. The van der Waals surface area contributed by atoms with E-state index < -0.39 is 41.6 Å². The Morgan fingerprint density at radius 1 is 1.33 bits per heavy atom. The molecule has 4 atom stereocenters. The van der Waals surface area contributed by atoms with Crippen molar-refractivity contribution in [2.75, 3.05) is 27.4 Å². The van der Waals surface area contributed by atoms with Gasteiger partial charge >= 0.3 is 11.9 Å². The van der Waals surface area contributed by atoms with Gasteiger partial charge in [-0.15, -0.1) is 0 Å². The number of hydrogen-bond donors (Lipinski definition) is 2. The lowest BCUT2D eigenvalue weighted by atomic mass is 9.82. The van der Waals surface area contributed by atoms with E-state index >= 15 is 0 Å². The van der Waals surface area contributed by atoms with Crippen molar-refractivity contribution in [3.8, 4) is 0 Å². The van der Waals surface area contributed by atoms with Gasteiger partial charge in [0.25, 0.3) is 0 Å². The second-order valence-electron chi connectivity index (χ2n) is 8.23. The predicted octanol–water partition coefficient (Wildman–Crippen LogP) is 0.897. The zero-order valence-electron chi connectivity index (χ0n) is 17.6. The molecule has 0 aromatic rings. The molecule has 1 fully saturated rings. The van der Waals surface area contributed by atoms with Crippen LogP contribution in [0.1, 0.15) is 33.1 Å². The van der Waals surface area contributed by atoms with Gasteiger partial charge in [-0.05, 0) is 26.3 Å². The first-order chi connectivity index (χ1) is 14.0. The highest BCUT2D eigenvalue weighted by molar-refractivity contribution is 5.95. The Morgan fingerprint density at radius 2 is 2.03 bits per heavy atom. The largest absolute Gasteiger partial charge is 0.454 e. The number of aliphatic hydroxyl groups is 2. The number of hydrogen-bond acceptors (Lipinski definition) is 9. The van der Waals surface area contributed by atoms with E-state index in [2.05, 4.69) is 6.58 Å². The minimum Gasteiger partial charge on any atom is -0.454 e. The number of carbonyl (C=O) groups excluding carboxylic acids is 2. The van der Waals surface area contributed by atoms with Crippen molar-refractivity contribution in [3.05, 3.63) is 35.1 Å². The van der Waals surface area contributed by atoms with Gasteiger partial charge in [0.1, 0.15) is 17.5 Å². The van der Waals surface area contributed by atoms with Crippen LogP contribution in [0.5, 0.6) is 0 Å². The van der Waals surface area contributed by atoms with Gasteiger partial charge in [0.05, 0.1) is 30.0 Å². The Balaban J connectivity index is 2.18. The minimum absolute atomic E-state index is 0.0738. The predicted molar refractivity (Wildman–Crippen MR) is 103 cm³/mol. The smallest absolute Gasteiger partial charge is 0.342 e. The second kappa shape index (κ2) is 7.90. The molecule has 0 radical (unpaired) electrons. The molecule has 0 aromatic heterocycles. The maximum absolute atomic E-state index is 12.5. The molecular weight excluding hydrogens is 396 g/mol. The molecule has 2 bridgehead atoms. The zero-order chi connectivity index (χ0) is 22.3. The highest BCUT2D eigenvalue weighted by atomic mass is 16.7. The average molecular weight is 424 g/mol. The van der Waals surface area contributed by atoms with Crippen LogP contribution >= 0.6 is 0 Å². The first-order valence-corrected chi connectivity index (χ1v) is 9.66. The molecule has 0 aliphatic carbocycles. The summed E-state index contributed by atoms with van der Waals surface area (Å²) in [7, 11) is 2.87. The molecule has 166 valence electrons. The second-order valence-corrected chi connectivity index (χ2v) is 8.23. The summed E-state index contributed by atoms with van der Waals surface area (Å²) >= 11 is 0. The molecule has 0 aromatic carbocycles. The third-order valence-electron chi connectivity index (χ3n) is 5.90. The van der Waals surface area contributed by atoms with Crippen molar-refractivity contribution >= 4 is 11.9 Å². The van der Waals surface area contributed by atoms with Gasteiger partial charge in [-0.2, -0.15) is 0 Å². The van der Waals surface area contributed by atoms with Crippen LogP contribution in [-0.2, 0) is 33.3 Å². The third-order valence-corrected chi connectivity index (χ3v) is 5.90. The van der Waals surface area contributed by atoms with Gasteiger partial charge in [0, 0.05) is 32.6 Å². The Hall–Kier alpha value is -2.04. The van der Waals surface area contributed by atoms with Crippen molar-refractivity contribution < 1.29 is 43.5 Å². The molecule has 0 amide bonds. The maximum atomic E-state index is 12.5. The molecule has 3 rings (SSSR count). The van der Waals surface area contributed by atoms with Crippen LogP contribution in [-0.4, -0.2) is 72.7 Å².